The Balaban J connectivity index is 2.59. The molecule has 0 aliphatic heterocycles. The molecular weight excluding hydrogens is 200 g/mol. The van der Waals surface area contributed by atoms with E-state index in [9.17, 15) is 4.79 Å². The molecule has 0 aromatic heterocycles. The summed E-state index contributed by atoms with van der Waals surface area (Å²) in [5.41, 5.74) is 6.73. The molecule has 1 aromatic rings. The van der Waals surface area contributed by atoms with Gasteiger partial charge in [-0.15, -0.1) is 0 Å². The van der Waals surface area contributed by atoms with E-state index >= 15 is 0 Å². The summed E-state index contributed by atoms with van der Waals surface area (Å²) < 4.78 is 0. The van der Waals surface area contributed by atoms with Gasteiger partial charge in [0, 0.05) is 13.0 Å². The third-order valence-corrected chi connectivity index (χ3v) is 2.37. The standard InChI is InChI=1S/C13H20N2O/c1-10(2)8-13(16)15-12(9-14)11-6-4-3-5-7-11/h3-7,10,12H,8-9,14H2,1-2H3,(H,15,16). The van der Waals surface area contributed by atoms with E-state index in [0.29, 0.717) is 18.9 Å². The third-order valence-electron chi connectivity index (χ3n) is 2.37. The summed E-state index contributed by atoms with van der Waals surface area (Å²) in [6, 6.07) is 9.74. The van der Waals surface area contributed by atoms with E-state index in [4.69, 9.17) is 5.73 Å². The van der Waals surface area contributed by atoms with Crippen molar-refractivity contribution < 1.29 is 4.79 Å². The van der Waals surface area contributed by atoms with Crippen LogP contribution >= 0.6 is 0 Å². The van der Waals surface area contributed by atoms with Crippen LogP contribution in [0.5, 0.6) is 0 Å². The summed E-state index contributed by atoms with van der Waals surface area (Å²) in [4.78, 5) is 11.6. The van der Waals surface area contributed by atoms with Crippen LogP contribution in [0.3, 0.4) is 0 Å². The van der Waals surface area contributed by atoms with Crippen LogP contribution in [-0.2, 0) is 4.79 Å². The molecule has 0 saturated carbocycles. The summed E-state index contributed by atoms with van der Waals surface area (Å²) in [5.74, 6) is 0.434. The third kappa shape index (κ3) is 4.03. The van der Waals surface area contributed by atoms with Crippen molar-refractivity contribution in [2.75, 3.05) is 6.54 Å². The van der Waals surface area contributed by atoms with Gasteiger partial charge in [-0.2, -0.15) is 0 Å². The van der Waals surface area contributed by atoms with E-state index < -0.39 is 0 Å². The summed E-state index contributed by atoms with van der Waals surface area (Å²) in [6.45, 7) is 4.48. The Hall–Kier alpha value is -1.35. The van der Waals surface area contributed by atoms with Crippen molar-refractivity contribution in [3.05, 3.63) is 35.9 Å². The van der Waals surface area contributed by atoms with Gasteiger partial charge in [0.05, 0.1) is 6.04 Å². The second-order valence-corrected chi connectivity index (χ2v) is 4.36. The molecule has 3 nitrogen and oxygen atoms in total. The van der Waals surface area contributed by atoms with Crippen LogP contribution in [0.1, 0.15) is 31.9 Å². The Morgan fingerprint density at radius 2 is 1.94 bits per heavy atom. The first kappa shape index (κ1) is 12.7. The minimum atomic E-state index is -0.0764. The summed E-state index contributed by atoms with van der Waals surface area (Å²) >= 11 is 0. The van der Waals surface area contributed by atoms with Crippen LogP contribution < -0.4 is 11.1 Å². The zero-order valence-electron chi connectivity index (χ0n) is 9.94. The fourth-order valence-electron chi connectivity index (χ4n) is 1.59. The molecule has 1 rings (SSSR count). The Morgan fingerprint density at radius 3 is 2.44 bits per heavy atom. The topological polar surface area (TPSA) is 55.1 Å². The maximum atomic E-state index is 11.6. The monoisotopic (exact) mass is 220 g/mol. The van der Waals surface area contributed by atoms with Crippen molar-refractivity contribution in [2.24, 2.45) is 11.7 Å². The molecule has 3 heteroatoms. The van der Waals surface area contributed by atoms with Crippen LogP contribution in [-0.4, -0.2) is 12.5 Å². The van der Waals surface area contributed by atoms with Gasteiger partial charge in [0.2, 0.25) is 5.91 Å². The van der Waals surface area contributed by atoms with Crippen molar-refractivity contribution in [3.63, 3.8) is 0 Å². The fourth-order valence-corrected chi connectivity index (χ4v) is 1.59. The lowest BCUT2D eigenvalue weighted by molar-refractivity contribution is -0.122. The highest BCUT2D eigenvalue weighted by Gasteiger charge is 2.13. The first-order valence-corrected chi connectivity index (χ1v) is 5.68. The number of nitrogens with one attached hydrogen (secondary N) is 1. The average molecular weight is 220 g/mol. The lowest BCUT2D eigenvalue weighted by atomic mass is 10.1. The molecule has 0 fully saturated rings. The van der Waals surface area contributed by atoms with Crippen LogP contribution in [0.4, 0.5) is 0 Å². The molecule has 0 heterocycles. The first-order chi connectivity index (χ1) is 7.63. The van der Waals surface area contributed by atoms with Crippen LogP contribution in [0, 0.1) is 5.92 Å². The molecular formula is C13H20N2O. The number of carbonyl (C=O) groups excluding carboxylic acids is 1. The molecule has 3 N–H and O–H groups in total. The number of carbonyl (C=O) groups is 1. The predicted molar refractivity (Wildman–Crippen MR) is 65.8 cm³/mol. The maximum Gasteiger partial charge on any atom is 0.220 e. The minimum Gasteiger partial charge on any atom is -0.348 e. The SMILES string of the molecule is CC(C)CC(=O)NC(CN)c1ccccc1. The van der Waals surface area contributed by atoms with Crippen LogP contribution in [0.15, 0.2) is 30.3 Å². The van der Waals surface area contributed by atoms with Crippen molar-refractivity contribution in [1.82, 2.24) is 5.32 Å². The zero-order valence-corrected chi connectivity index (χ0v) is 9.94. The van der Waals surface area contributed by atoms with Crippen LogP contribution in [0.25, 0.3) is 0 Å². The van der Waals surface area contributed by atoms with Crippen molar-refractivity contribution in [1.29, 1.82) is 0 Å². The first-order valence-electron chi connectivity index (χ1n) is 5.68. The second-order valence-electron chi connectivity index (χ2n) is 4.36. The molecule has 1 unspecified atom stereocenters. The quantitative estimate of drug-likeness (QED) is 0.795. The van der Waals surface area contributed by atoms with Gasteiger partial charge in [0.25, 0.3) is 0 Å². The molecule has 0 aliphatic carbocycles. The number of rotatable bonds is 5. The molecule has 0 radical (unpaired) electrons. The van der Waals surface area contributed by atoms with Gasteiger partial charge in [-0.25, -0.2) is 0 Å². The lowest BCUT2D eigenvalue weighted by Gasteiger charge is -2.17. The van der Waals surface area contributed by atoms with Crippen molar-refractivity contribution >= 4 is 5.91 Å². The number of benzene rings is 1. The van der Waals surface area contributed by atoms with Gasteiger partial charge in [-0.1, -0.05) is 44.2 Å². The van der Waals surface area contributed by atoms with Crippen molar-refractivity contribution in [2.45, 2.75) is 26.3 Å². The van der Waals surface area contributed by atoms with E-state index in [1.54, 1.807) is 0 Å². The molecule has 1 amide bonds. The molecule has 16 heavy (non-hydrogen) atoms. The molecule has 0 saturated heterocycles. The molecule has 0 spiro atoms. The van der Waals surface area contributed by atoms with Gasteiger partial charge in [-0.05, 0) is 11.5 Å². The van der Waals surface area contributed by atoms with Crippen molar-refractivity contribution in [3.8, 4) is 0 Å². The molecule has 0 aliphatic rings. The normalized spacial score (nSPS) is 12.5. The highest BCUT2D eigenvalue weighted by atomic mass is 16.1. The highest BCUT2D eigenvalue weighted by molar-refractivity contribution is 5.76. The van der Waals surface area contributed by atoms with Gasteiger partial charge >= 0.3 is 0 Å². The van der Waals surface area contributed by atoms with Gasteiger partial charge in [0.1, 0.15) is 0 Å². The molecule has 88 valence electrons. The van der Waals surface area contributed by atoms with E-state index in [-0.39, 0.29) is 11.9 Å². The maximum absolute atomic E-state index is 11.6. The fraction of sp³-hybridized carbons (Fsp3) is 0.462. The Kier molecular flexibility index (Phi) is 4.99. The number of hydrogen-bond acceptors (Lipinski definition) is 2. The number of hydrogen-bond donors (Lipinski definition) is 2. The Bertz CT molecular complexity index is 322. The Morgan fingerprint density at radius 1 is 1.31 bits per heavy atom. The molecule has 0 bridgehead atoms. The number of nitrogens with two attached hydrogens (primary N) is 1. The summed E-state index contributed by atoms with van der Waals surface area (Å²) in [6.07, 6.45) is 0.545. The molecule has 1 aromatic carbocycles. The van der Waals surface area contributed by atoms with E-state index in [1.165, 1.54) is 0 Å². The summed E-state index contributed by atoms with van der Waals surface area (Å²) in [5, 5.41) is 2.95. The van der Waals surface area contributed by atoms with Gasteiger partial charge < -0.3 is 11.1 Å². The van der Waals surface area contributed by atoms with E-state index in [1.807, 2.05) is 44.2 Å². The smallest absolute Gasteiger partial charge is 0.220 e. The minimum absolute atomic E-state index is 0.0642. The average Bonchev–Trinajstić information content (AvgIpc) is 2.26. The lowest BCUT2D eigenvalue weighted by Crippen LogP contribution is -2.33. The largest absolute Gasteiger partial charge is 0.348 e. The predicted octanol–water partition coefficient (Wildman–Crippen LogP) is 1.85. The van der Waals surface area contributed by atoms with Gasteiger partial charge in [-0.3, -0.25) is 4.79 Å². The van der Waals surface area contributed by atoms with Crippen LogP contribution in [0.2, 0.25) is 0 Å². The zero-order chi connectivity index (χ0) is 12.0. The summed E-state index contributed by atoms with van der Waals surface area (Å²) in [7, 11) is 0. The molecule has 1 atom stereocenters. The Labute approximate surface area is 97.0 Å². The number of amides is 1. The van der Waals surface area contributed by atoms with Gasteiger partial charge in [0.15, 0.2) is 0 Å². The highest BCUT2D eigenvalue weighted by Crippen LogP contribution is 2.11. The van der Waals surface area contributed by atoms with E-state index in [2.05, 4.69) is 5.32 Å². The second kappa shape index (κ2) is 6.28. The van der Waals surface area contributed by atoms with E-state index in [0.717, 1.165) is 5.56 Å².